The van der Waals surface area contributed by atoms with E-state index in [2.05, 4.69) is 15.4 Å². The second-order valence-corrected chi connectivity index (χ2v) is 6.23. The maximum absolute atomic E-state index is 12.4. The molecular weight excluding hydrogens is 322 g/mol. The number of nitrogens with one attached hydrogen (secondary N) is 1. The van der Waals surface area contributed by atoms with Crippen LogP contribution in [0.5, 0.6) is 0 Å². The normalized spacial score (nSPS) is 18.6. The molecule has 1 aliphatic rings. The number of benzene rings is 1. The summed E-state index contributed by atoms with van der Waals surface area (Å²) in [4.78, 5) is 29.0. The van der Waals surface area contributed by atoms with Crippen LogP contribution >= 0.6 is 0 Å². The molecule has 0 saturated carbocycles. The highest BCUT2D eigenvalue weighted by molar-refractivity contribution is 5.77. The van der Waals surface area contributed by atoms with Gasteiger partial charge in [0.2, 0.25) is 0 Å². The Balaban J connectivity index is 1.60. The highest BCUT2D eigenvalue weighted by Crippen LogP contribution is 2.19. The van der Waals surface area contributed by atoms with E-state index in [1.807, 2.05) is 31.2 Å². The van der Waals surface area contributed by atoms with Crippen LogP contribution in [0.4, 0.5) is 4.79 Å². The zero-order valence-corrected chi connectivity index (χ0v) is 14.0. The molecule has 0 bridgehead atoms. The van der Waals surface area contributed by atoms with E-state index in [9.17, 15) is 9.59 Å². The third kappa shape index (κ3) is 3.96. The number of amides is 2. The fourth-order valence-electron chi connectivity index (χ4n) is 2.98. The van der Waals surface area contributed by atoms with Crippen LogP contribution in [0.3, 0.4) is 0 Å². The van der Waals surface area contributed by atoms with Crippen molar-refractivity contribution in [3.63, 3.8) is 0 Å². The van der Waals surface area contributed by atoms with E-state index in [1.165, 1.54) is 6.33 Å². The lowest BCUT2D eigenvalue weighted by atomic mass is 9.98. The van der Waals surface area contributed by atoms with Crippen LogP contribution in [0, 0.1) is 5.92 Å². The molecule has 8 nitrogen and oxygen atoms in total. The highest BCUT2D eigenvalue weighted by atomic mass is 16.4. The summed E-state index contributed by atoms with van der Waals surface area (Å²) < 4.78 is 1.66. The number of aliphatic carboxylic acids is 1. The Bertz CT molecular complexity index is 729. The summed E-state index contributed by atoms with van der Waals surface area (Å²) >= 11 is 0. The fourth-order valence-corrected chi connectivity index (χ4v) is 2.98. The van der Waals surface area contributed by atoms with Gasteiger partial charge in [-0.05, 0) is 37.5 Å². The van der Waals surface area contributed by atoms with Gasteiger partial charge < -0.3 is 15.3 Å². The number of hydrogen-bond donors (Lipinski definition) is 2. The average molecular weight is 343 g/mol. The third-order valence-corrected chi connectivity index (χ3v) is 4.47. The van der Waals surface area contributed by atoms with E-state index in [0.29, 0.717) is 19.4 Å². The van der Waals surface area contributed by atoms with Gasteiger partial charge in [-0.2, -0.15) is 5.10 Å². The van der Waals surface area contributed by atoms with Crippen LogP contribution in [0.25, 0.3) is 5.69 Å². The number of carbonyl (C=O) groups is 2. The van der Waals surface area contributed by atoms with E-state index in [0.717, 1.165) is 11.3 Å². The standard InChI is InChI=1S/C17H21N5O3/c1-12(13-4-6-15(7-5-13)22-11-18-10-19-22)20-17(25)21-8-2-3-14(9-21)16(23)24/h4-7,10-12,14H,2-3,8-9H2,1H3,(H,20,25)(H,23,24). The number of carboxylic acid groups (broad SMARTS) is 1. The van der Waals surface area contributed by atoms with Gasteiger partial charge in [0.1, 0.15) is 12.7 Å². The first-order valence-electron chi connectivity index (χ1n) is 8.28. The third-order valence-electron chi connectivity index (χ3n) is 4.47. The molecule has 1 aromatic heterocycles. The topological polar surface area (TPSA) is 100 Å². The first-order valence-corrected chi connectivity index (χ1v) is 8.28. The quantitative estimate of drug-likeness (QED) is 0.882. The summed E-state index contributed by atoms with van der Waals surface area (Å²) in [7, 11) is 0. The second kappa shape index (κ2) is 7.33. The molecule has 2 unspecified atom stereocenters. The number of carboxylic acids is 1. The second-order valence-electron chi connectivity index (χ2n) is 6.23. The molecule has 132 valence electrons. The number of nitrogens with zero attached hydrogens (tertiary/aromatic N) is 4. The van der Waals surface area contributed by atoms with E-state index in [-0.39, 0.29) is 18.6 Å². The summed E-state index contributed by atoms with van der Waals surface area (Å²) in [6.45, 7) is 2.76. The van der Waals surface area contributed by atoms with Gasteiger partial charge in [0.15, 0.2) is 0 Å². The molecule has 1 saturated heterocycles. The van der Waals surface area contributed by atoms with E-state index < -0.39 is 11.9 Å². The van der Waals surface area contributed by atoms with Crippen LogP contribution in [-0.2, 0) is 4.79 Å². The fraction of sp³-hybridized carbons (Fsp3) is 0.412. The SMILES string of the molecule is CC(NC(=O)N1CCCC(C(=O)O)C1)c1ccc(-n2cncn2)cc1. The lowest BCUT2D eigenvalue weighted by Gasteiger charge is -2.31. The molecule has 0 radical (unpaired) electrons. The maximum atomic E-state index is 12.4. The molecule has 2 heterocycles. The Morgan fingerprint density at radius 1 is 1.32 bits per heavy atom. The van der Waals surface area contributed by atoms with Crippen LogP contribution in [0.15, 0.2) is 36.9 Å². The minimum Gasteiger partial charge on any atom is -0.481 e. The van der Waals surface area contributed by atoms with Gasteiger partial charge in [0.25, 0.3) is 0 Å². The minimum absolute atomic E-state index is 0.178. The molecule has 1 fully saturated rings. The van der Waals surface area contributed by atoms with Gasteiger partial charge in [0, 0.05) is 13.1 Å². The van der Waals surface area contributed by atoms with Crippen LogP contribution < -0.4 is 5.32 Å². The van der Waals surface area contributed by atoms with Crippen LogP contribution in [0.1, 0.15) is 31.4 Å². The largest absolute Gasteiger partial charge is 0.481 e. The van der Waals surface area contributed by atoms with Crippen molar-refractivity contribution in [1.82, 2.24) is 25.0 Å². The Labute approximate surface area is 145 Å². The summed E-state index contributed by atoms with van der Waals surface area (Å²) in [5, 5.41) is 16.1. The monoisotopic (exact) mass is 343 g/mol. The van der Waals surface area contributed by atoms with Crippen LogP contribution in [0.2, 0.25) is 0 Å². The molecule has 1 aromatic carbocycles. The molecule has 2 aromatic rings. The predicted octanol–water partition coefficient (Wildman–Crippen LogP) is 1.83. The summed E-state index contributed by atoms with van der Waals surface area (Å²) in [5.74, 6) is -1.31. The number of rotatable bonds is 4. The van der Waals surface area contributed by atoms with Crippen LogP contribution in [-0.4, -0.2) is 49.9 Å². The Morgan fingerprint density at radius 2 is 2.08 bits per heavy atom. The van der Waals surface area contributed by atoms with Gasteiger partial charge in [-0.1, -0.05) is 12.1 Å². The van der Waals surface area contributed by atoms with Crippen molar-refractivity contribution in [2.75, 3.05) is 13.1 Å². The molecule has 2 N–H and O–H groups in total. The zero-order valence-electron chi connectivity index (χ0n) is 14.0. The predicted molar refractivity (Wildman–Crippen MR) is 90.2 cm³/mol. The van der Waals surface area contributed by atoms with Crippen molar-refractivity contribution in [1.29, 1.82) is 0 Å². The van der Waals surface area contributed by atoms with Crippen molar-refractivity contribution < 1.29 is 14.7 Å². The molecule has 2 atom stereocenters. The van der Waals surface area contributed by atoms with Gasteiger partial charge in [-0.3, -0.25) is 4.79 Å². The average Bonchev–Trinajstić information content (AvgIpc) is 3.16. The zero-order chi connectivity index (χ0) is 17.8. The molecule has 25 heavy (non-hydrogen) atoms. The van der Waals surface area contributed by atoms with E-state index >= 15 is 0 Å². The van der Waals surface area contributed by atoms with Gasteiger partial charge in [-0.15, -0.1) is 0 Å². The summed E-state index contributed by atoms with van der Waals surface area (Å²) in [5.41, 5.74) is 1.85. The first kappa shape index (κ1) is 16.9. The molecule has 3 rings (SSSR count). The lowest BCUT2D eigenvalue weighted by Crippen LogP contribution is -2.47. The van der Waals surface area contributed by atoms with Crippen molar-refractivity contribution in [2.45, 2.75) is 25.8 Å². The Hall–Kier alpha value is -2.90. The van der Waals surface area contributed by atoms with Gasteiger partial charge in [0.05, 0.1) is 17.6 Å². The van der Waals surface area contributed by atoms with Gasteiger partial charge >= 0.3 is 12.0 Å². The van der Waals surface area contributed by atoms with E-state index in [4.69, 9.17) is 5.11 Å². The highest BCUT2D eigenvalue weighted by Gasteiger charge is 2.28. The molecule has 2 amide bonds. The molecule has 0 spiro atoms. The molecule has 8 heteroatoms. The summed E-state index contributed by atoms with van der Waals surface area (Å²) in [6.07, 6.45) is 4.43. The number of carbonyl (C=O) groups excluding carboxylic acids is 1. The molecular formula is C17H21N5O3. The first-order chi connectivity index (χ1) is 12.0. The number of piperidine rings is 1. The van der Waals surface area contributed by atoms with Crippen molar-refractivity contribution in [2.24, 2.45) is 5.92 Å². The number of hydrogen-bond acceptors (Lipinski definition) is 4. The smallest absolute Gasteiger partial charge is 0.317 e. The van der Waals surface area contributed by atoms with Gasteiger partial charge in [-0.25, -0.2) is 14.5 Å². The van der Waals surface area contributed by atoms with Crippen molar-refractivity contribution in [3.8, 4) is 5.69 Å². The lowest BCUT2D eigenvalue weighted by molar-refractivity contribution is -0.143. The number of urea groups is 1. The molecule has 0 aliphatic carbocycles. The maximum Gasteiger partial charge on any atom is 0.317 e. The Kier molecular flexibility index (Phi) is 4.97. The minimum atomic E-state index is -0.839. The Morgan fingerprint density at radius 3 is 2.72 bits per heavy atom. The van der Waals surface area contributed by atoms with E-state index in [1.54, 1.807) is 15.9 Å². The molecule has 1 aliphatic heterocycles. The van der Waals surface area contributed by atoms with Crippen molar-refractivity contribution in [3.05, 3.63) is 42.5 Å². The summed E-state index contributed by atoms with van der Waals surface area (Å²) in [6, 6.07) is 7.28. The number of aromatic nitrogens is 3. The number of likely N-dealkylation sites (tertiary alicyclic amines) is 1. The van der Waals surface area contributed by atoms with Crippen molar-refractivity contribution >= 4 is 12.0 Å².